The van der Waals surface area contributed by atoms with Gasteiger partial charge in [0.2, 0.25) is 0 Å². The maximum Gasteiger partial charge on any atom is 0.255 e. The monoisotopic (exact) mass is 334 g/mol. The number of rotatable bonds is 5. The van der Waals surface area contributed by atoms with Crippen LogP contribution in [-0.2, 0) is 0 Å². The van der Waals surface area contributed by atoms with Crippen molar-refractivity contribution in [3.63, 3.8) is 0 Å². The van der Waals surface area contributed by atoms with E-state index in [1.165, 1.54) is 6.33 Å². The molecule has 2 N–H and O–H groups in total. The Bertz CT molecular complexity index is 861. The van der Waals surface area contributed by atoms with Gasteiger partial charge >= 0.3 is 0 Å². The second kappa shape index (κ2) is 7.44. The predicted molar refractivity (Wildman–Crippen MR) is 97.4 cm³/mol. The fraction of sp³-hybridized carbons (Fsp3) is 0.105. The summed E-state index contributed by atoms with van der Waals surface area (Å²) in [4.78, 5) is 20.5. The predicted octanol–water partition coefficient (Wildman–Crippen LogP) is 3.79. The van der Waals surface area contributed by atoms with E-state index in [-0.39, 0.29) is 5.91 Å². The Labute approximate surface area is 145 Å². The van der Waals surface area contributed by atoms with Crippen molar-refractivity contribution in [2.24, 2.45) is 0 Å². The van der Waals surface area contributed by atoms with Gasteiger partial charge in [-0.25, -0.2) is 9.97 Å². The summed E-state index contributed by atoms with van der Waals surface area (Å²) in [6, 6.07) is 16.2. The molecule has 0 saturated carbocycles. The van der Waals surface area contributed by atoms with Crippen molar-refractivity contribution in [2.45, 2.75) is 6.92 Å². The second-order valence-corrected chi connectivity index (χ2v) is 5.43. The van der Waals surface area contributed by atoms with Crippen LogP contribution in [0.4, 0.5) is 17.2 Å². The number of nitrogens with one attached hydrogen (secondary N) is 2. The Hall–Kier alpha value is -3.41. The Balaban J connectivity index is 1.64. The summed E-state index contributed by atoms with van der Waals surface area (Å²) in [5.41, 5.74) is 3.05. The van der Waals surface area contributed by atoms with E-state index in [1.807, 2.05) is 37.3 Å². The third-order valence-corrected chi connectivity index (χ3v) is 3.57. The molecule has 25 heavy (non-hydrogen) atoms. The summed E-state index contributed by atoms with van der Waals surface area (Å²) >= 11 is 0. The Morgan fingerprint density at radius 2 is 1.64 bits per heavy atom. The lowest BCUT2D eigenvalue weighted by molar-refractivity contribution is 0.102. The van der Waals surface area contributed by atoms with Gasteiger partial charge in [-0.05, 0) is 55.5 Å². The number of amides is 1. The van der Waals surface area contributed by atoms with Gasteiger partial charge in [0.15, 0.2) is 0 Å². The molecule has 0 radical (unpaired) electrons. The molecule has 6 nitrogen and oxygen atoms in total. The number of hydrogen-bond acceptors (Lipinski definition) is 5. The zero-order valence-corrected chi connectivity index (χ0v) is 14.0. The van der Waals surface area contributed by atoms with Gasteiger partial charge in [0.25, 0.3) is 5.91 Å². The molecule has 0 aliphatic rings. The molecule has 1 aromatic heterocycles. The SMILES string of the molecule is COc1ccc(C(=O)Nc2ccc(Nc3cc(C)ncn3)cc2)cc1. The highest BCUT2D eigenvalue weighted by atomic mass is 16.5. The van der Waals surface area contributed by atoms with Crippen LogP contribution >= 0.6 is 0 Å². The van der Waals surface area contributed by atoms with Crippen LogP contribution in [0, 0.1) is 6.92 Å². The number of hydrogen-bond donors (Lipinski definition) is 2. The zero-order chi connectivity index (χ0) is 17.6. The molecule has 0 aliphatic heterocycles. The molecule has 0 saturated heterocycles. The largest absolute Gasteiger partial charge is 0.497 e. The number of anilines is 3. The number of carbonyl (C=O) groups excluding carboxylic acids is 1. The number of nitrogens with zero attached hydrogens (tertiary/aromatic N) is 2. The first-order chi connectivity index (χ1) is 12.1. The summed E-state index contributed by atoms with van der Waals surface area (Å²) in [6.07, 6.45) is 1.51. The number of aromatic nitrogens is 2. The third kappa shape index (κ3) is 4.32. The Kier molecular flexibility index (Phi) is 4.89. The Morgan fingerprint density at radius 1 is 0.960 bits per heavy atom. The van der Waals surface area contributed by atoms with Gasteiger partial charge in [0.05, 0.1) is 7.11 Å². The first-order valence-electron chi connectivity index (χ1n) is 7.75. The summed E-state index contributed by atoms with van der Waals surface area (Å²) in [6.45, 7) is 1.91. The van der Waals surface area contributed by atoms with E-state index in [2.05, 4.69) is 20.6 Å². The van der Waals surface area contributed by atoms with Gasteiger partial charge in [-0.3, -0.25) is 4.79 Å². The van der Waals surface area contributed by atoms with Crippen molar-refractivity contribution in [1.82, 2.24) is 9.97 Å². The summed E-state index contributed by atoms with van der Waals surface area (Å²) in [7, 11) is 1.59. The lowest BCUT2D eigenvalue weighted by atomic mass is 10.2. The highest BCUT2D eigenvalue weighted by Crippen LogP contribution is 2.19. The lowest BCUT2D eigenvalue weighted by Gasteiger charge is -2.09. The van der Waals surface area contributed by atoms with Crippen LogP contribution in [0.15, 0.2) is 60.9 Å². The first-order valence-corrected chi connectivity index (χ1v) is 7.75. The molecule has 0 spiro atoms. The van der Waals surface area contributed by atoms with Gasteiger partial charge in [-0.2, -0.15) is 0 Å². The lowest BCUT2D eigenvalue weighted by Crippen LogP contribution is -2.11. The summed E-state index contributed by atoms with van der Waals surface area (Å²) in [5.74, 6) is 1.27. The highest BCUT2D eigenvalue weighted by molar-refractivity contribution is 6.04. The number of benzene rings is 2. The summed E-state index contributed by atoms with van der Waals surface area (Å²) in [5, 5.41) is 6.05. The fourth-order valence-electron chi connectivity index (χ4n) is 2.25. The van der Waals surface area contributed by atoms with E-state index in [0.29, 0.717) is 17.0 Å². The molecule has 3 rings (SSSR count). The minimum Gasteiger partial charge on any atom is -0.497 e. The molecule has 1 amide bonds. The maximum absolute atomic E-state index is 12.2. The zero-order valence-electron chi connectivity index (χ0n) is 14.0. The van der Waals surface area contributed by atoms with Gasteiger partial charge in [0.1, 0.15) is 17.9 Å². The van der Waals surface area contributed by atoms with Crippen molar-refractivity contribution in [1.29, 1.82) is 0 Å². The van der Waals surface area contributed by atoms with E-state index < -0.39 is 0 Å². The number of ether oxygens (including phenoxy) is 1. The standard InChI is InChI=1S/C19H18N4O2/c1-13-11-18(21-12-20-13)22-15-5-7-16(8-6-15)23-19(24)14-3-9-17(25-2)10-4-14/h3-12H,1-2H3,(H,23,24)(H,20,21,22). The molecule has 0 aliphatic carbocycles. The third-order valence-electron chi connectivity index (χ3n) is 3.57. The highest BCUT2D eigenvalue weighted by Gasteiger charge is 2.06. The van der Waals surface area contributed by atoms with Gasteiger partial charge in [-0.1, -0.05) is 0 Å². The molecule has 2 aromatic carbocycles. The van der Waals surface area contributed by atoms with Crippen LogP contribution in [0.5, 0.6) is 5.75 Å². The van der Waals surface area contributed by atoms with Gasteiger partial charge in [-0.15, -0.1) is 0 Å². The van der Waals surface area contributed by atoms with Crippen LogP contribution in [0.25, 0.3) is 0 Å². The quantitative estimate of drug-likeness (QED) is 0.742. The first kappa shape index (κ1) is 16.4. The molecule has 3 aromatic rings. The van der Waals surface area contributed by atoms with Crippen LogP contribution < -0.4 is 15.4 Å². The minimum absolute atomic E-state index is 0.171. The van der Waals surface area contributed by atoms with Crippen molar-refractivity contribution in [2.75, 3.05) is 17.7 Å². The van der Waals surface area contributed by atoms with Crippen LogP contribution in [0.1, 0.15) is 16.1 Å². The molecule has 0 unspecified atom stereocenters. The molecular weight excluding hydrogens is 316 g/mol. The van der Waals surface area contributed by atoms with E-state index in [1.54, 1.807) is 31.4 Å². The smallest absolute Gasteiger partial charge is 0.255 e. The fourth-order valence-corrected chi connectivity index (χ4v) is 2.25. The molecule has 0 bridgehead atoms. The Morgan fingerprint density at radius 3 is 2.28 bits per heavy atom. The normalized spacial score (nSPS) is 10.2. The van der Waals surface area contributed by atoms with Crippen molar-refractivity contribution >= 4 is 23.1 Å². The molecule has 126 valence electrons. The molecular formula is C19H18N4O2. The molecule has 0 atom stereocenters. The molecule has 6 heteroatoms. The molecule has 0 fully saturated rings. The van der Waals surface area contributed by atoms with Crippen molar-refractivity contribution in [3.8, 4) is 5.75 Å². The number of aryl methyl sites for hydroxylation is 1. The summed E-state index contributed by atoms with van der Waals surface area (Å²) < 4.78 is 5.09. The maximum atomic E-state index is 12.2. The average Bonchev–Trinajstić information content (AvgIpc) is 2.63. The van der Waals surface area contributed by atoms with Gasteiger partial charge < -0.3 is 15.4 Å². The minimum atomic E-state index is -0.171. The van der Waals surface area contributed by atoms with E-state index in [9.17, 15) is 4.79 Å². The van der Waals surface area contributed by atoms with E-state index in [0.717, 1.165) is 17.2 Å². The van der Waals surface area contributed by atoms with Crippen molar-refractivity contribution in [3.05, 3.63) is 72.2 Å². The average molecular weight is 334 g/mol. The van der Waals surface area contributed by atoms with Gasteiger partial charge in [0, 0.05) is 28.7 Å². The molecule has 1 heterocycles. The van der Waals surface area contributed by atoms with Crippen LogP contribution in [0.2, 0.25) is 0 Å². The van der Waals surface area contributed by atoms with Crippen LogP contribution in [0.3, 0.4) is 0 Å². The van der Waals surface area contributed by atoms with Crippen molar-refractivity contribution < 1.29 is 9.53 Å². The topological polar surface area (TPSA) is 76.1 Å². The second-order valence-electron chi connectivity index (χ2n) is 5.43. The van der Waals surface area contributed by atoms with Crippen LogP contribution in [-0.4, -0.2) is 23.0 Å². The van der Waals surface area contributed by atoms with E-state index >= 15 is 0 Å². The number of methoxy groups -OCH3 is 1. The van der Waals surface area contributed by atoms with E-state index in [4.69, 9.17) is 4.74 Å². The number of carbonyl (C=O) groups is 1.